The Bertz CT molecular complexity index is 888. The van der Waals surface area contributed by atoms with Gasteiger partial charge in [0.15, 0.2) is 0 Å². The van der Waals surface area contributed by atoms with Gasteiger partial charge in [0.2, 0.25) is 5.91 Å². The van der Waals surface area contributed by atoms with E-state index in [0.717, 1.165) is 10.4 Å². The van der Waals surface area contributed by atoms with Gasteiger partial charge in [0.05, 0.1) is 26.3 Å². The first kappa shape index (κ1) is 18.9. The van der Waals surface area contributed by atoms with Gasteiger partial charge in [0.25, 0.3) is 5.91 Å². The summed E-state index contributed by atoms with van der Waals surface area (Å²) in [5, 5.41) is 3.26. The van der Waals surface area contributed by atoms with E-state index in [-0.39, 0.29) is 11.8 Å². The van der Waals surface area contributed by atoms with Crippen molar-refractivity contribution in [3.8, 4) is 5.75 Å². The molecule has 1 aromatic carbocycles. The number of nitrogens with one attached hydrogen (secondary N) is 1. The highest BCUT2D eigenvalue weighted by Crippen LogP contribution is 2.38. The Balaban J connectivity index is 1.91. The average Bonchev–Trinajstić information content (AvgIpc) is 3.04. The normalized spacial score (nSPS) is 12.9. The predicted octanol–water partition coefficient (Wildman–Crippen LogP) is 2.70. The smallest absolute Gasteiger partial charge is 0.341 e. The molecule has 142 valence electrons. The molecule has 0 radical (unpaired) electrons. The van der Waals surface area contributed by atoms with Crippen LogP contribution in [0.5, 0.6) is 5.75 Å². The number of esters is 1. The molecule has 3 rings (SSSR count). The summed E-state index contributed by atoms with van der Waals surface area (Å²) in [6, 6.07) is 6.69. The van der Waals surface area contributed by atoms with E-state index >= 15 is 0 Å². The number of fused-ring (bicyclic) bond motifs is 1. The van der Waals surface area contributed by atoms with Gasteiger partial charge in [0.1, 0.15) is 10.8 Å². The predicted molar refractivity (Wildman–Crippen MR) is 101 cm³/mol. The van der Waals surface area contributed by atoms with Gasteiger partial charge in [-0.3, -0.25) is 9.59 Å². The standard InChI is InChI=1S/C19H20N2O5S/c1-11(22)21-9-8-14-15(10-21)27-18(16(14)19(24)26-3)20-17(23)12-4-6-13(25-2)7-5-12/h4-7H,8-10H2,1-3H3,(H,20,23). The molecule has 1 aliphatic heterocycles. The van der Waals surface area contributed by atoms with Gasteiger partial charge in [-0.1, -0.05) is 0 Å². The second-order valence-electron chi connectivity index (χ2n) is 6.07. The van der Waals surface area contributed by atoms with Crippen LogP contribution in [0.4, 0.5) is 5.00 Å². The summed E-state index contributed by atoms with van der Waals surface area (Å²) in [7, 11) is 2.87. The highest BCUT2D eigenvalue weighted by molar-refractivity contribution is 7.17. The molecule has 0 unspecified atom stereocenters. The van der Waals surface area contributed by atoms with Crippen LogP contribution in [0.15, 0.2) is 24.3 Å². The first-order valence-corrected chi connectivity index (χ1v) is 9.20. The molecule has 0 atom stereocenters. The third kappa shape index (κ3) is 3.80. The van der Waals surface area contributed by atoms with Gasteiger partial charge in [-0.2, -0.15) is 0 Å². The van der Waals surface area contributed by atoms with Crippen molar-refractivity contribution < 1.29 is 23.9 Å². The van der Waals surface area contributed by atoms with Crippen LogP contribution in [0, 0.1) is 0 Å². The molecule has 2 aromatic rings. The van der Waals surface area contributed by atoms with Crippen LogP contribution in [0.25, 0.3) is 0 Å². The van der Waals surface area contributed by atoms with Crippen molar-refractivity contribution in [2.75, 3.05) is 26.1 Å². The van der Waals surface area contributed by atoms with Crippen LogP contribution in [-0.4, -0.2) is 43.4 Å². The summed E-state index contributed by atoms with van der Waals surface area (Å²) in [5.74, 6) is -0.186. The SMILES string of the molecule is COC(=O)c1c(NC(=O)c2ccc(OC)cc2)sc2c1CCN(C(C)=O)C2. The number of amides is 2. The highest BCUT2D eigenvalue weighted by Gasteiger charge is 2.30. The van der Waals surface area contributed by atoms with E-state index in [4.69, 9.17) is 9.47 Å². The fourth-order valence-electron chi connectivity index (χ4n) is 3.00. The maximum absolute atomic E-state index is 12.6. The summed E-state index contributed by atoms with van der Waals surface area (Å²) in [6.45, 7) is 2.48. The minimum Gasteiger partial charge on any atom is -0.497 e. The number of hydrogen-bond donors (Lipinski definition) is 1. The number of rotatable bonds is 4. The van der Waals surface area contributed by atoms with Crippen LogP contribution < -0.4 is 10.1 Å². The Hall–Kier alpha value is -2.87. The van der Waals surface area contributed by atoms with Crippen LogP contribution >= 0.6 is 11.3 Å². The molecule has 0 fully saturated rings. The van der Waals surface area contributed by atoms with E-state index in [1.165, 1.54) is 25.4 Å². The first-order valence-electron chi connectivity index (χ1n) is 8.38. The summed E-state index contributed by atoms with van der Waals surface area (Å²) in [5.41, 5.74) is 1.67. The maximum atomic E-state index is 12.6. The maximum Gasteiger partial charge on any atom is 0.341 e. The van der Waals surface area contributed by atoms with Crippen LogP contribution in [0.2, 0.25) is 0 Å². The molecule has 27 heavy (non-hydrogen) atoms. The number of ether oxygens (including phenoxy) is 2. The average molecular weight is 388 g/mol. The molecule has 0 saturated heterocycles. The van der Waals surface area contributed by atoms with E-state index in [9.17, 15) is 14.4 Å². The molecule has 1 N–H and O–H groups in total. The Kier molecular flexibility index (Phi) is 5.46. The molecular formula is C19H20N2O5S. The molecular weight excluding hydrogens is 368 g/mol. The first-order chi connectivity index (χ1) is 12.9. The number of thiophene rings is 1. The molecule has 0 saturated carbocycles. The lowest BCUT2D eigenvalue weighted by Crippen LogP contribution is -2.33. The van der Waals surface area contributed by atoms with Crippen LogP contribution in [0.1, 0.15) is 38.1 Å². The van der Waals surface area contributed by atoms with Gasteiger partial charge in [-0.15, -0.1) is 11.3 Å². The fraction of sp³-hybridized carbons (Fsp3) is 0.316. The third-order valence-corrected chi connectivity index (χ3v) is 5.60. The topological polar surface area (TPSA) is 84.9 Å². The molecule has 0 bridgehead atoms. The van der Waals surface area contributed by atoms with Gasteiger partial charge in [0, 0.05) is 23.9 Å². The third-order valence-electron chi connectivity index (χ3n) is 4.47. The Morgan fingerprint density at radius 3 is 2.44 bits per heavy atom. The minimum atomic E-state index is -0.492. The molecule has 1 aromatic heterocycles. The van der Waals surface area contributed by atoms with E-state index in [0.29, 0.717) is 41.4 Å². The largest absolute Gasteiger partial charge is 0.497 e. The van der Waals surface area contributed by atoms with Gasteiger partial charge >= 0.3 is 5.97 Å². The molecule has 2 amide bonds. The highest BCUT2D eigenvalue weighted by atomic mass is 32.1. The number of anilines is 1. The molecule has 7 nitrogen and oxygen atoms in total. The Labute approximate surface area is 160 Å². The lowest BCUT2D eigenvalue weighted by atomic mass is 10.0. The van der Waals surface area contributed by atoms with Crippen molar-refractivity contribution in [3.63, 3.8) is 0 Å². The Morgan fingerprint density at radius 2 is 1.85 bits per heavy atom. The lowest BCUT2D eigenvalue weighted by molar-refractivity contribution is -0.129. The van der Waals surface area contributed by atoms with Gasteiger partial charge < -0.3 is 19.7 Å². The zero-order chi connectivity index (χ0) is 19.6. The van der Waals surface area contributed by atoms with Crippen molar-refractivity contribution in [1.29, 1.82) is 0 Å². The van der Waals surface area contributed by atoms with Crippen molar-refractivity contribution >= 4 is 34.1 Å². The quantitative estimate of drug-likeness (QED) is 0.814. The summed E-state index contributed by atoms with van der Waals surface area (Å²) in [4.78, 5) is 39.2. The molecule has 2 heterocycles. The van der Waals surface area contributed by atoms with Crippen LogP contribution in [0.3, 0.4) is 0 Å². The van der Waals surface area contributed by atoms with E-state index in [1.807, 2.05) is 0 Å². The van der Waals surface area contributed by atoms with Crippen molar-refractivity contribution in [2.24, 2.45) is 0 Å². The van der Waals surface area contributed by atoms with Gasteiger partial charge in [-0.05, 0) is 36.2 Å². The zero-order valence-electron chi connectivity index (χ0n) is 15.3. The summed E-state index contributed by atoms with van der Waals surface area (Å²) < 4.78 is 10.0. The van der Waals surface area contributed by atoms with Gasteiger partial charge in [-0.25, -0.2) is 4.79 Å². The van der Waals surface area contributed by atoms with Crippen molar-refractivity contribution in [3.05, 3.63) is 45.8 Å². The molecule has 8 heteroatoms. The van der Waals surface area contributed by atoms with Crippen molar-refractivity contribution in [1.82, 2.24) is 4.90 Å². The second kappa shape index (κ2) is 7.79. The number of carbonyl (C=O) groups is 3. The summed E-state index contributed by atoms with van der Waals surface area (Å²) >= 11 is 1.31. The molecule has 0 spiro atoms. The monoisotopic (exact) mass is 388 g/mol. The van der Waals surface area contributed by atoms with E-state index in [1.54, 1.807) is 36.3 Å². The Morgan fingerprint density at radius 1 is 1.15 bits per heavy atom. The van der Waals surface area contributed by atoms with E-state index in [2.05, 4.69) is 5.32 Å². The molecule has 1 aliphatic rings. The van der Waals surface area contributed by atoms with Crippen molar-refractivity contribution in [2.45, 2.75) is 19.9 Å². The number of carbonyl (C=O) groups excluding carboxylic acids is 3. The fourth-order valence-corrected chi connectivity index (χ4v) is 4.24. The zero-order valence-corrected chi connectivity index (χ0v) is 16.1. The second-order valence-corrected chi connectivity index (χ2v) is 7.18. The van der Waals surface area contributed by atoms with Crippen LogP contribution in [-0.2, 0) is 22.5 Å². The lowest BCUT2D eigenvalue weighted by Gasteiger charge is -2.25. The summed E-state index contributed by atoms with van der Waals surface area (Å²) in [6.07, 6.45) is 0.550. The number of hydrogen-bond acceptors (Lipinski definition) is 6. The number of nitrogens with zero attached hydrogens (tertiary/aromatic N) is 1. The van der Waals surface area contributed by atoms with E-state index < -0.39 is 5.97 Å². The molecule has 0 aliphatic carbocycles. The minimum absolute atomic E-state index is 0.0162. The number of benzene rings is 1. The number of methoxy groups -OCH3 is 2.